The predicted octanol–water partition coefficient (Wildman–Crippen LogP) is 3.07. The lowest BCUT2D eigenvalue weighted by Crippen LogP contribution is -2.48. The summed E-state index contributed by atoms with van der Waals surface area (Å²) < 4.78 is 24.3. The van der Waals surface area contributed by atoms with Gasteiger partial charge in [0.05, 0.1) is 17.3 Å². The lowest BCUT2D eigenvalue weighted by atomic mass is 10.2. The number of ether oxygens (including phenoxy) is 2. The summed E-state index contributed by atoms with van der Waals surface area (Å²) in [5, 5.41) is 5.61. The highest BCUT2D eigenvalue weighted by Crippen LogP contribution is 2.35. The van der Waals surface area contributed by atoms with Crippen LogP contribution in [0.25, 0.3) is 0 Å². The van der Waals surface area contributed by atoms with Gasteiger partial charge in [-0.05, 0) is 30.3 Å². The van der Waals surface area contributed by atoms with Crippen molar-refractivity contribution in [1.29, 1.82) is 0 Å². The van der Waals surface area contributed by atoms with Crippen LogP contribution in [0.1, 0.15) is 6.42 Å². The molecule has 0 aliphatic carbocycles. The Balaban J connectivity index is 1.41. The van der Waals surface area contributed by atoms with E-state index >= 15 is 0 Å². The van der Waals surface area contributed by atoms with Gasteiger partial charge in [-0.15, -0.1) is 0 Å². The summed E-state index contributed by atoms with van der Waals surface area (Å²) in [6.07, 6.45) is -0.0880. The van der Waals surface area contributed by atoms with Crippen LogP contribution in [0.2, 0.25) is 10.0 Å². The summed E-state index contributed by atoms with van der Waals surface area (Å²) in [5.74, 6) is -1.03. The topological polar surface area (TPSA) is 97.0 Å². The van der Waals surface area contributed by atoms with E-state index in [9.17, 15) is 18.8 Å². The first kappa shape index (κ1) is 24.3. The van der Waals surface area contributed by atoms with E-state index in [1.807, 2.05) is 0 Å². The van der Waals surface area contributed by atoms with Crippen LogP contribution in [-0.2, 0) is 14.4 Å². The highest BCUT2D eigenvalue weighted by Gasteiger charge is 2.31. The van der Waals surface area contributed by atoms with Crippen LogP contribution in [0.5, 0.6) is 11.5 Å². The Morgan fingerprint density at radius 3 is 2.79 bits per heavy atom. The quantitative estimate of drug-likeness (QED) is 0.521. The SMILES string of the molecule is C=C(CCNC(=O)COc1ccc(Cl)c(F)c1)NC(=O)C1CN(C=O)c2cc(Cl)ccc2O1. The maximum absolute atomic E-state index is 13.4. The molecule has 0 bridgehead atoms. The van der Waals surface area contributed by atoms with Crippen LogP contribution in [0.15, 0.2) is 48.7 Å². The van der Waals surface area contributed by atoms with Crippen molar-refractivity contribution in [3.05, 3.63) is 64.5 Å². The summed E-state index contributed by atoms with van der Waals surface area (Å²) in [6.45, 7) is 3.64. The minimum absolute atomic E-state index is 0.00925. The van der Waals surface area contributed by atoms with Crippen molar-refractivity contribution < 1.29 is 28.2 Å². The second kappa shape index (κ2) is 11.0. The van der Waals surface area contributed by atoms with Crippen molar-refractivity contribution >= 4 is 47.1 Å². The molecule has 0 saturated carbocycles. The van der Waals surface area contributed by atoms with Crippen LogP contribution in [0.4, 0.5) is 10.1 Å². The van der Waals surface area contributed by atoms with Gasteiger partial charge in [0, 0.05) is 29.8 Å². The third-order valence-electron chi connectivity index (χ3n) is 4.59. The van der Waals surface area contributed by atoms with E-state index < -0.39 is 23.7 Å². The molecule has 1 unspecified atom stereocenters. The number of halogens is 3. The van der Waals surface area contributed by atoms with Gasteiger partial charge in [-0.3, -0.25) is 14.4 Å². The van der Waals surface area contributed by atoms with Gasteiger partial charge in [-0.1, -0.05) is 29.8 Å². The van der Waals surface area contributed by atoms with Crippen molar-refractivity contribution in [2.45, 2.75) is 12.5 Å². The van der Waals surface area contributed by atoms with Gasteiger partial charge in [0.25, 0.3) is 11.8 Å². The van der Waals surface area contributed by atoms with Crippen LogP contribution >= 0.6 is 23.2 Å². The molecule has 0 aromatic heterocycles. The molecule has 1 heterocycles. The summed E-state index contributed by atoms with van der Waals surface area (Å²) >= 11 is 11.5. The number of fused-ring (bicyclic) bond motifs is 1. The number of hydrogen-bond acceptors (Lipinski definition) is 5. The molecule has 2 aromatic carbocycles. The maximum Gasteiger partial charge on any atom is 0.267 e. The highest BCUT2D eigenvalue weighted by molar-refractivity contribution is 6.31. The lowest BCUT2D eigenvalue weighted by molar-refractivity contribution is -0.127. The summed E-state index contributed by atoms with van der Waals surface area (Å²) in [7, 11) is 0. The number of hydrogen-bond donors (Lipinski definition) is 2. The molecule has 2 N–H and O–H groups in total. The Hall–Kier alpha value is -3.30. The Bertz CT molecular complexity index is 1080. The van der Waals surface area contributed by atoms with Crippen molar-refractivity contribution in [2.24, 2.45) is 0 Å². The Morgan fingerprint density at radius 2 is 2.06 bits per heavy atom. The molecule has 11 heteroatoms. The first-order valence-electron chi connectivity index (χ1n) is 9.78. The Kier molecular flexibility index (Phi) is 8.13. The molecule has 1 atom stereocenters. The fourth-order valence-corrected chi connectivity index (χ4v) is 3.24. The molecule has 8 nitrogen and oxygen atoms in total. The lowest BCUT2D eigenvalue weighted by Gasteiger charge is -2.32. The summed E-state index contributed by atoms with van der Waals surface area (Å²) in [5.41, 5.74) is 0.829. The minimum atomic E-state index is -0.941. The molecule has 0 radical (unpaired) electrons. The molecular weight excluding hydrogens is 476 g/mol. The number of nitrogens with one attached hydrogen (secondary N) is 2. The minimum Gasteiger partial charge on any atom is -0.484 e. The standard InChI is InChI=1S/C22H20Cl2FN3O5/c1-13(6-7-26-21(30)11-32-15-3-4-16(24)17(25)9-15)27-22(31)20-10-28(12-29)18-8-14(23)2-5-19(18)33-20/h2-5,8-9,12,20H,1,6-7,10-11H2,(H,26,30)(H,27,31). The van der Waals surface area contributed by atoms with E-state index in [4.69, 9.17) is 32.7 Å². The summed E-state index contributed by atoms with van der Waals surface area (Å²) in [4.78, 5) is 37.2. The van der Waals surface area contributed by atoms with Crippen LogP contribution < -0.4 is 25.0 Å². The zero-order valence-corrected chi connectivity index (χ0v) is 18.8. The molecule has 2 aromatic rings. The molecule has 174 valence electrons. The second-order valence-electron chi connectivity index (χ2n) is 7.03. The number of benzene rings is 2. The molecule has 0 saturated heterocycles. The van der Waals surface area contributed by atoms with Crippen molar-refractivity contribution in [3.8, 4) is 11.5 Å². The molecular formula is C22H20Cl2FN3O5. The first-order valence-corrected chi connectivity index (χ1v) is 10.5. The molecule has 1 aliphatic heterocycles. The Morgan fingerprint density at radius 1 is 1.27 bits per heavy atom. The van der Waals surface area contributed by atoms with Crippen molar-refractivity contribution in [1.82, 2.24) is 10.6 Å². The van der Waals surface area contributed by atoms with Gasteiger partial charge < -0.3 is 25.0 Å². The first-order chi connectivity index (χ1) is 15.8. The zero-order chi connectivity index (χ0) is 24.0. The third-order valence-corrected chi connectivity index (χ3v) is 5.13. The molecule has 33 heavy (non-hydrogen) atoms. The van der Waals surface area contributed by atoms with E-state index in [1.54, 1.807) is 18.2 Å². The third kappa shape index (κ3) is 6.59. The Labute approximate surface area is 199 Å². The fourth-order valence-electron chi connectivity index (χ4n) is 2.95. The van der Waals surface area contributed by atoms with E-state index in [0.29, 0.717) is 28.6 Å². The predicted molar refractivity (Wildman–Crippen MR) is 121 cm³/mol. The van der Waals surface area contributed by atoms with E-state index in [2.05, 4.69) is 17.2 Å². The normalized spacial score (nSPS) is 14.5. The van der Waals surface area contributed by atoms with Gasteiger partial charge >= 0.3 is 0 Å². The number of carbonyl (C=O) groups is 3. The van der Waals surface area contributed by atoms with E-state index in [0.717, 1.165) is 6.07 Å². The highest BCUT2D eigenvalue weighted by atomic mass is 35.5. The zero-order valence-electron chi connectivity index (χ0n) is 17.3. The van der Waals surface area contributed by atoms with Gasteiger partial charge in [-0.25, -0.2) is 4.39 Å². The molecule has 1 aliphatic rings. The van der Waals surface area contributed by atoms with Gasteiger partial charge in [-0.2, -0.15) is 0 Å². The average molecular weight is 496 g/mol. The van der Waals surface area contributed by atoms with E-state index in [1.165, 1.54) is 17.0 Å². The number of rotatable bonds is 9. The van der Waals surface area contributed by atoms with Crippen LogP contribution in [-0.4, -0.2) is 44.0 Å². The molecule has 3 amide bonds. The van der Waals surface area contributed by atoms with Gasteiger partial charge in [0.2, 0.25) is 6.41 Å². The number of anilines is 1. The van der Waals surface area contributed by atoms with Gasteiger partial charge in [0.1, 0.15) is 17.3 Å². The van der Waals surface area contributed by atoms with Crippen LogP contribution in [0, 0.1) is 5.82 Å². The van der Waals surface area contributed by atoms with Crippen LogP contribution in [0.3, 0.4) is 0 Å². The number of carbonyl (C=O) groups excluding carboxylic acids is 3. The smallest absolute Gasteiger partial charge is 0.267 e. The number of amides is 3. The van der Waals surface area contributed by atoms with E-state index in [-0.39, 0.29) is 36.9 Å². The monoisotopic (exact) mass is 495 g/mol. The fraction of sp³-hybridized carbons (Fsp3) is 0.227. The van der Waals surface area contributed by atoms with Crippen molar-refractivity contribution in [2.75, 3.05) is 24.6 Å². The number of nitrogens with zero attached hydrogens (tertiary/aromatic N) is 1. The van der Waals surface area contributed by atoms with Gasteiger partial charge in [0.15, 0.2) is 12.7 Å². The molecule has 0 fully saturated rings. The maximum atomic E-state index is 13.4. The largest absolute Gasteiger partial charge is 0.484 e. The average Bonchev–Trinajstić information content (AvgIpc) is 2.79. The second-order valence-corrected chi connectivity index (χ2v) is 7.88. The molecule has 3 rings (SSSR count). The molecule has 0 spiro atoms. The summed E-state index contributed by atoms with van der Waals surface area (Å²) in [6, 6.07) is 8.61. The van der Waals surface area contributed by atoms with Crippen molar-refractivity contribution in [3.63, 3.8) is 0 Å².